The molecule has 0 saturated heterocycles. The van der Waals surface area contributed by atoms with Gasteiger partial charge in [-0.15, -0.1) is 10.2 Å². The van der Waals surface area contributed by atoms with Gasteiger partial charge >= 0.3 is 0 Å². The molecule has 1 unspecified atom stereocenters. The average molecular weight is 335 g/mol. The van der Waals surface area contributed by atoms with E-state index in [4.69, 9.17) is 16.0 Å². The zero-order chi connectivity index (χ0) is 15.5. The van der Waals surface area contributed by atoms with Crippen molar-refractivity contribution in [3.05, 3.63) is 64.9 Å². The quantitative estimate of drug-likeness (QED) is 0.600. The molecule has 0 N–H and O–H groups in total. The van der Waals surface area contributed by atoms with Crippen LogP contribution >= 0.6 is 23.4 Å². The Morgan fingerprint density at radius 3 is 2.41 bits per heavy atom. The molecule has 0 aliphatic rings. The van der Waals surface area contributed by atoms with Crippen molar-refractivity contribution in [2.75, 3.05) is 0 Å². The highest BCUT2D eigenvalue weighted by Crippen LogP contribution is 2.35. The molecule has 2 aromatic carbocycles. The molecule has 0 saturated carbocycles. The number of nitrogens with zero attached hydrogens (tertiary/aromatic N) is 2. The fourth-order valence-corrected chi connectivity index (χ4v) is 2.86. The van der Waals surface area contributed by atoms with E-state index in [0.717, 1.165) is 11.1 Å². The van der Waals surface area contributed by atoms with E-state index in [-0.39, 0.29) is 11.1 Å². The normalized spacial score (nSPS) is 12.3. The first-order chi connectivity index (χ1) is 10.6. The molecule has 22 heavy (non-hydrogen) atoms. The van der Waals surface area contributed by atoms with E-state index in [9.17, 15) is 4.39 Å². The van der Waals surface area contributed by atoms with E-state index in [1.54, 1.807) is 24.3 Å². The van der Waals surface area contributed by atoms with Crippen LogP contribution in [-0.4, -0.2) is 10.2 Å². The van der Waals surface area contributed by atoms with Crippen LogP contribution in [0.25, 0.3) is 11.5 Å². The average Bonchev–Trinajstić information content (AvgIpc) is 2.97. The molecule has 3 aromatic rings. The molecule has 1 heterocycles. The van der Waals surface area contributed by atoms with Crippen molar-refractivity contribution in [2.24, 2.45) is 0 Å². The molecule has 6 heteroatoms. The first kappa shape index (κ1) is 15.1. The Morgan fingerprint density at radius 2 is 1.73 bits per heavy atom. The Hall–Kier alpha value is -1.85. The van der Waals surface area contributed by atoms with Gasteiger partial charge in [-0.05, 0) is 48.9 Å². The summed E-state index contributed by atoms with van der Waals surface area (Å²) in [5.41, 5.74) is 1.82. The molecule has 1 atom stereocenters. The Kier molecular flexibility index (Phi) is 4.45. The van der Waals surface area contributed by atoms with Crippen LogP contribution < -0.4 is 0 Å². The summed E-state index contributed by atoms with van der Waals surface area (Å²) in [6.45, 7) is 2.00. The van der Waals surface area contributed by atoms with Crippen LogP contribution in [0.5, 0.6) is 0 Å². The highest BCUT2D eigenvalue weighted by Gasteiger charge is 2.14. The molecular formula is C16H12ClFN2OS. The second-order valence-electron chi connectivity index (χ2n) is 4.69. The summed E-state index contributed by atoms with van der Waals surface area (Å²) in [6.07, 6.45) is 0. The molecule has 0 aliphatic carbocycles. The second kappa shape index (κ2) is 6.50. The standard InChI is InChI=1S/C16H12ClFN2OS/c1-10(11-4-8-14(18)9-5-11)22-16-20-19-15(21-16)12-2-6-13(17)7-3-12/h2-10H,1H3. The SMILES string of the molecule is CC(Sc1nnc(-c2ccc(Cl)cc2)o1)c1ccc(F)cc1. The number of halogens is 2. The van der Waals surface area contributed by atoms with E-state index >= 15 is 0 Å². The molecule has 3 rings (SSSR count). The number of benzene rings is 2. The molecule has 0 bridgehead atoms. The number of hydrogen-bond donors (Lipinski definition) is 0. The summed E-state index contributed by atoms with van der Waals surface area (Å²) < 4.78 is 18.6. The van der Waals surface area contributed by atoms with Crippen LogP contribution in [0, 0.1) is 5.82 Å². The smallest absolute Gasteiger partial charge is 0.277 e. The number of rotatable bonds is 4. The lowest BCUT2D eigenvalue weighted by molar-refractivity contribution is 0.465. The van der Waals surface area contributed by atoms with Crippen molar-refractivity contribution in [1.82, 2.24) is 10.2 Å². The first-order valence-electron chi connectivity index (χ1n) is 6.63. The number of aromatic nitrogens is 2. The van der Waals surface area contributed by atoms with Crippen molar-refractivity contribution in [3.63, 3.8) is 0 Å². The van der Waals surface area contributed by atoms with Gasteiger partial charge in [-0.25, -0.2) is 4.39 Å². The topological polar surface area (TPSA) is 38.9 Å². The first-order valence-corrected chi connectivity index (χ1v) is 7.89. The number of hydrogen-bond acceptors (Lipinski definition) is 4. The van der Waals surface area contributed by atoms with Crippen LogP contribution in [0.4, 0.5) is 4.39 Å². The maximum atomic E-state index is 12.9. The Balaban J connectivity index is 1.73. The van der Waals surface area contributed by atoms with Gasteiger partial charge in [0.1, 0.15) is 5.82 Å². The lowest BCUT2D eigenvalue weighted by Gasteiger charge is -2.08. The monoisotopic (exact) mass is 334 g/mol. The van der Waals surface area contributed by atoms with E-state index in [2.05, 4.69) is 10.2 Å². The highest BCUT2D eigenvalue weighted by molar-refractivity contribution is 7.99. The van der Waals surface area contributed by atoms with Gasteiger partial charge in [0.05, 0.1) is 0 Å². The second-order valence-corrected chi connectivity index (χ2v) is 6.42. The summed E-state index contributed by atoms with van der Waals surface area (Å²) in [5.74, 6) is 0.203. The van der Waals surface area contributed by atoms with Gasteiger partial charge in [0.15, 0.2) is 0 Å². The molecular weight excluding hydrogens is 323 g/mol. The third kappa shape index (κ3) is 3.48. The summed E-state index contributed by atoms with van der Waals surface area (Å²) >= 11 is 7.29. The maximum Gasteiger partial charge on any atom is 0.277 e. The minimum absolute atomic E-state index is 0.0825. The predicted molar refractivity (Wildman–Crippen MR) is 85.4 cm³/mol. The fourth-order valence-electron chi connectivity index (χ4n) is 1.92. The van der Waals surface area contributed by atoms with Gasteiger partial charge in [0.25, 0.3) is 5.22 Å². The van der Waals surface area contributed by atoms with E-state index in [1.165, 1.54) is 23.9 Å². The van der Waals surface area contributed by atoms with Crippen molar-refractivity contribution in [2.45, 2.75) is 17.4 Å². The summed E-state index contributed by atoms with van der Waals surface area (Å²) in [4.78, 5) is 0. The molecule has 0 fully saturated rings. The summed E-state index contributed by atoms with van der Waals surface area (Å²) in [6, 6.07) is 13.6. The highest BCUT2D eigenvalue weighted by atomic mass is 35.5. The van der Waals surface area contributed by atoms with E-state index < -0.39 is 0 Å². The van der Waals surface area contributed by atoms with Crippen LogP contribution in [-0.2, 0) is 0 Å². The van der Waals surface area contributed by atoms with Crippen molar-refractivity contribution in [3.8, 4) is 11.5 Å². The lowest BCUT2D eigenvalue weighted by Crippen LogP contribution is -1.88. The fraction of sp³-hybridized carbons (Fsp3) is 0.125. The molecule has 3 nitrogen and oxygen atoms in total. The van der Waals surface area contributed by atoms with Crippen molar-refractivity contribution in [1.29, 1.82) is 0 Å². The predicted octanol–water partition coefficient (Wildman–Crippen LogP) is 5.38. The van der Waals surface area contributed by atoms with Crippen LogP contribution in [0.2, 0.25) is 5.02 Å². The van der Waals surface area contributed by atoms with Crippen LogP contribution in [0.15, 0.2) is 58.2 Å². The Morgan fingerprint density at radius 1 is 1.05 bits per heavy atom. The zero-order valence-corrected chi connectivity index (χ0v) is 13.2. The van der Waals surface area contributed by atoms with E-state index in [1.807, 2.05) is 19.1 Å². The molecule has 0 aliphatic heterocycles. The van der Waals surface area contributed by atoms with Gasteiger partial charge in [0, 0.05) is 15.8 Å². The van der Waals surface area contributed by atoms with Crippen molar-refractivity contribution < 1.29 is 8.81 Å². The van der Waals surface area contributed by atoms with Gasteiger partial charge in [-0.2, -0.15) is 0 Å². The third-order valence-corrected chi connectivity index (χ3v) is 4.36. The third-order valence-electron chi connectivity index (χ3n) is 3.11. The summed E-state index contributed by atoms with van der Waals surface area (Å²) in [7, 11) is 0. The Bertz CT molecular complexity index is 759. The lowest BCUT2D eigenvalue weighted by atomic mass is 10.2. The largest absolute Gasteiger partial charge is 0.411 e. The molecule has 112 valence electrons. The Labute approximate surface area is 136 Å². The summed E-state index contributed by atoms with van der Waals surface area (Å²) in [5, 5.41) is 9.29. The van der Waals surface area contributed by atoms with Gasteiger partial charge in [-0.1, -0.05) is 35.5 Å². The van der Waals surface area contributed by atoms with Gasteiger partial charge < -0.3 is 4.42 Å². The van der Waals surface area contributed by atoms with Crippen LogP contribution in [0.3, 0.4) is 0 Å². The minimum atomic E-state index is -0.247. The molecule has 0 radical (unpaired) electrons. The molecule has 1 aromatic heterocycles. The van der Waals surface area contributed by atoms with Gasteiger partial charge in [0.2, 0.25) is 5.89 Å². The number of thioether (sulfide) groups is 1. The minimum Gasteiger partial charge on any atom is -0.411 e. The zero-order valence-electron chi connectivity index (χ0n) is 11.7. The van der Waals surface area contributed by atoms with Crippen molar-refractivity contribution >= 4 is 23.4 Å². The van der Waals surface area contributed by atoms with E-state index in [0.29, 0.717) is 16.1 Å². The van der Waals surface area contributed by atoms with Crippen LogP contribution in [0.1, 0.15) is 17.7 Å². The molecule has 0 spiro atoms. The molecule has 0 amide bonds. The maximum absolute atomic E-state index is 12.9. The van der Waals surface area contributed by atoms with Gasteiger partial charge in [-0.3, -0.25) is 0 Å².